The number of unbranched alkanes of at least 4 members (excludes halogenated alkanes) is 14. The van der Waals surface area contributed by atoms with Gasteiger partial charge in [-0.15, -0.1) is 0 Å². The number of carboxylic acids is 2. The van der Waals surface area contributed by atoms with Gasteiger partial charge in [-0.25, -0.2) is 0 Å². The van der Waals surface area contributed by atoms with E-state index in [1.807, 2.05) is 0 Å². The van der Waals surface area contributed by atoms with Crippen molar-refractivity contribution >= 4 is 11.9 Å². The maximum absolute atomic E-state index is 11.0. The summed E-state index contributed by atoms with van der Waals surface area (Å²) in [5, 5.41) is 17.7. The van der Waals surface area contributed by atoms with E-state index in [1.165, 1.54) is 77.0 Å². The average Bonchev–Trinajstić information content (AvgIpc) is 2.65. The maximum atomic E-state index is 11.0. The monoisotopic (exact) mass is 396 g/mol. The highest BCUT2D eigenvalue weighted by Gasteiger charge is 2.20. The lowest BCUT2D eigenvalue weighted by Gasteiger charge is -2.09. The van der Waals surface area contributed by atoms with E-state index < -0.39 is 17.9 Å². The second kappa shape index (κ2) is 20.4. The van der Waals surface area contributed by atoms with Crippen molar-refractivity contribution in [3.05, 3.63) is 12.2 Å². The van der Waals surface area contributed by atoms with Crippen molar-refractivity contribution < 1.29 is 19.8 Å². The number of carbonyl (C=O) groups is 2. The molecule has 1 unspecified atom stereocenters. The van der Waals surface area contributed by atoms with Crippen molar-refractivity contribution in [3.8, 4) is 0 Å². The van der Waals surface area contributed by atoms with E-state index in [0.717, 1.165) is 25.7 Å². The summed E-state index contributed by atoms with van der Waals surface area (Å²) in [6, 6.07) is 0. The highest BCUT2D eigenvalue weighted by Crippen LogP contribution is 2.17. The Bertz CT molecular complexity index is 403. The molecule has 0 rings (SSSR count). The zero-order valence-electron chi connectivity index (χ0n) is 18.2. The first kappa shape index (κ1) is 26.7. The number of aliphatic carboxylic acids is 2. The molecular weight excluding hydrogens is 352 g/mol. The fourth-order valence-corrected chi connectivity index (χ4v) is 3.58. The molecule has 4 heteroatoms. The van der Waals surface area contributed by atoms with Crippen LogP contribution in [0, 0.1) is 5.92 Å². The Hall–Kier alpha value is -1.32. The van der Waals surface area contributed by atoms with E-state index in [9.17, 15) is 9.59 Å². The van der Waals surface area contributed by atoms with Crippen molar-refractivity contribution in [2.24, 2.45) is 5.92 Å². The molecule has 0 bridgehead atoms. The number of rotatable bonds is 21. The predicted octanol–water partition coefficient (Wildman–Crippen LogP) is 7.37. The van der Waals surface area contributed by atoms with Crippen LogP contribution in [0.25, 0.3) is 0 Å². The Kier molecular flexibility index (Phi) is 19.5. The van der Waals surface area contributed by atoms with Gasteiger partial charge in [0.1, 0.15) is 0 Å². The molecule has 0 aliphatic carbocycles. The second-order valence-corrected chi connectivity index (χ2v) is 8.04. The van der Waals surface area contributed by atoms with Crippen LogP contribution in [0.2, 0.25) is 0 Å². The van der Waals surface area contributed by atoms with Gasteiger partial charge in [0.15, 0.2) is 0 Å². The second-order valence-electron chi connectivity index (χ2n) is 8.04. The van der Waals surface area contributed by atoms with Crippen LogP contribution in [0.5, 0.6) is 0 Å². The predicted molar refractivity (Wildman–Crippen MR) is 117 cm³/mol. The lowest BCUT2D eigenvalue weighted by Crippen LogP contribution is -2.17. The van der Waals surface area contributed by atoms with Gasteiger partial charge in [0.2, 0.25) is 0 Å². The van der Waals surface area contributed by atoms with Gasteiger partial charge in [-0.1, -0.05) is 103 Å². The molecule has 164 valence electrons. The lowest BCUT2D eigenvalue weighted by molar-refractivity contribution is -0.148. The van der Waals surface area contributed by atoms with Crippen molar-refractivity contribution in [1.82, 2.24) is 0 Å². The summed E-state index contributed by atoms with van der Waals surface area (Å²) in [5.74, 6) is -2.73. The Morgan fingerprint density at radius 3 is 1.50 bits per heavy atom. The fraction of sp³-hybridized carbons (Fsp3) is 0.833. The van der Waals surface area contributed by atoms with E-state index in [4.69, 9.17) is 10.2 Å². The first-order chi connectivity index (χ1) is 13.6. The van der Waals surface area contributed by atoms with Gasteiger partial charge >= 0.3 is 11.9 Å². The molecule has 0 amide bonds. The van der Waals surface area contributed by atoms with E-state index in [1.54, 1.807) is 0 Å². The molecule has 0 fully saturated rings. The van der Waals surface area contributed by atoms with Crippen LogP contribution in [-0.2, 0) is 9.59 Å². The average molecular weight is 397 g/mol. The van der Waals surface area contributed by atoms with Crippen LogP contribution in [0.1, 0.15) is 122 Å². The molecule has 0 heterocycles. The number of hydrogen-bond donors (Lipinski definition) is 2. The van der Waals surface area contributed by atoms with Crippen LogP contribution in [0.4, 0.5) is 0 Å². The Morgan fingerprint density at radius 1 is 0.679 bits per heavy atom. The van der Waals surface area contributed by atoms with Crippen LogP contribution < -0.4 is 0 Å². The third-order valence-corrected chi connectivity index (χ3v) is 5.35. The highest BCUT2D eigenvalue weighted by molar-refractivity contribution is 5.77. The molecule has 0 saturated carbocycles. The molecule has 28 heavy (non-hydrogen) atoms. The fourth-order valence-electron chi connectivity index (χ4n) is 3.58. The molecule has 4 nitrogen and oxygen atoms in total. The molecule has 2 N–H and O–H groups in total. The standard InChI is InChI=1S/C24H44O4/c1-2-3-4-5-6-7-8-9-10-11-12-13-14-15-16-17-18-19-20-22(24(27)28)21-23(25)26/h3-4,22H,2,5-21H2,1H3,(H,25,26)(H,27,28)/b4-3+. The first-order valence-corrected chi connectivity index (χ1v) is 11.7. The molecule has 0 aliphatic rings. The largest absolute Gasteiger partial charge is 0.481 e. The number of hydrogen-bond acceptors (Lipinski definition) is 2. The van der Waals surface area contributed by atoms with Gasteiger partial charge in [-0.2, -0.15) is 0 Å². The summed E-state index contributed by atoms with van der Waals surface area (Å²) in [5.41, 5.74) is 0. The molecule has 0 aliphatic heterocycles. The molecule has 0 aromatic rings. The zero-order chi connectivity index (χ0) is 20.9. The molecule has 0 radical (unpaired) electrons. The molecule has 0 aromatic carbocycles. The van der Waals surface area contributed by atoms with Gasteiger partial charge in [0, 0.05) is 0 Å². The summed E-state index contributed by atoms with van der Waals surface area (Å²) in [6.07, 6.45) is 24.9. The third kappa shape index (κ3) is 19.4. The topological polar surface area (TPSA) is 74.6 Å². The smallest absolute Gasteiger partial charge is 0.307 e. The van der Waals surface area contributed by atoms with E-state index in [0.29, 0.717) is 6.42 Å². The van der Waals surface area contributed by atoms with E-state index >= 15 is 0 Å². The van der Waals surface area contributed by atoms with Crippen molar-refractivity contribution in [3.63, 3.8) is 0 Å². The minimum Gasteiger partial charge on any atom is -0.481 e. The van der Waals surface area contributed by atoms with Crippen LogP contribution >= 0.6 is 0 Å². The lowest BCUT2D eigenvalue weighted by atomic mass is 9.97. The van der Waals surface area contributed by atoms with Gasteiger partial charge in [-0.3, -0.25) is 9.59 Å². The summed E-state index contributed by atoms with van der Waals surface area (Å²) in [7, 11) is 0. The van der Waals surface area contributed by atoms with Crippen LogP contribution in [0.15, 0.2) is 12.2 Å². The molecule has 0 saturated heterocycles. The van der Waals surface area contributed by atoms with Crippen LogP contribution in [0.3, 0.4) is 0 Å². The molecule has 0 spiro atoms. The quantitative estimate of drug-likeness (QED) is 0.157. The molecular formula is C24H44O4. The highest BCUT2D eigenvalue weighted by atomic mass is 16.4. The minimum atomic E-state index is -1.02. The maximum Gasteiger partial charge on any atom is 0.307 e. The Labute approximate surface area is 172 Å². The summed E-state index contributed by atoms with van der Waals surface area (Å²) < 4.78 is 0. The minimum absolute atomic E-state index is 0.258. The number of carboxylic acid groups (broad SMARTS) is 2. The first-order valence-electron chi connectivity index (χ1n) is 11.7. The van der Waals surface area contributed by atoms with Crippen molar-refractivity contribution in [2.45, 2.75) is 122 Å². The Morgan fingerprint density at radius 2 is 1.11 bits per heavy atom. The number of allylic oxidation sites excluding steroid dienone is 2. The van der Waals surface area contributed by atoms with E-state index in [-0.39, 0.29) is 6.42 Å². The van der Waals surface area contributed by atoms with Crippen molar-refractivity contribution in [2.75, 3.05) is 0 Å². The van der Waals surface area contributed by atoms with Gasteiger partial charge < -0.3 is 10.2 Å². The zero-order valence-corrected chi connectivity index (χ0v) is 18.2. The summed E-state index contributed by atoms with van der Waals surface area (Å²) in [6.45, 7) is 2.18. The molecule has 0 aromatic heterocycles. The SMILES string of the molecule is CC/C=C/CCCCCCCCCCCCCCCCC(CC(=O)O)C(=O)O. The van der Waals surface area contributed by atoms with Crippen LogP contribution in [-0.4, -0.2) is 22.2 Å². The van der Waals surface area contributed by atoms with Gasteiger partial charge in [0.25, 0.3) is 0 Å². The van der Waals surface area contributed by atoms with Crippen molar-refractivity contribution in [1.29, 1.82) is 0 Å². The Balaban J connectivity index is 3.26. The van der Waals surface area contributed by atoms with Gasteiger partial charge in [-0.05, 0) is 25.7 Å². The van der Waals surface area contributed by atoms with Gasteiger partial charge in [0.05, 0.1) is 12.3 Å². The van der Waals surface area contributed by atoms with E-state index in [2.05, 4.69) is 19.1 Å². The normalized spacial score (nSPS) is 12.5. The summed E-state index contributed by atoms with van der Waals surface area (Å²) in [4.78, 5) is 21.6. The molecule has 1 atom stereocenters. The third-order valence-electron chi connectivity index (χ3n) is 5.35. The summed E-state index contributed by atoms with van der Waals surface area (Å²) >= 11 is 0.